The van der Waals surface area contributed by atoms with E-state index in [0.29, 0.717) is 11.6 Å². The van der Waals surface area contributed by atoms with E-state index in [-0.39, 0.29) is 5.91 Å². The van der Waals surface area contributed by atoms with Crippen molar-refractivity contribution < 1.29 is 9.32 Å². The summed E-state index contributed by atoms with van der Waals surface area (Å²) >= 11 is 2.96. The molecule has 4 rings (SSSR count). The lowest BCUT2D eigenvalue weighted by atomic mass is 10.1. The SMILES string of the molecule is Cc1cc(NC(=O)C(Sc2ncnc3ccsc23)c2ccccc2)no1. The predicted molar refractivity (Wildman–Crippen MR) is 102 cm³/mol. The molecule has 0 aliphatic rings. The summed E-state index contributed by atoms with van der Waals surface area (Å²) in [6, 6.07) is 13.2. The number of benzene rings is 1. The normalized spacial score (nSPS) is 12.2. The highest BCUT2D eigenvalue weighted by molar-refractivity contribution is 8.00. The number of thioether (sulfide) groups is 1. The maximum absolute atomic E-state index is 12.9. The molecule has 0 spiro atoms. The van der Waals surface area contributed by atoms with Gasteiger partial charge in [-0.1, -0.05) is 47.3 Å². The van der Waals surface area contributed by atoms with Crippen LogP contribution < -0.4 is 5.32 Å². The second-order valence-corrected chi connectivity index (χ2v) is 7.54. The van der Waals surface area contributed by atoms with Crippen LogP contribution in [-0.2, 0) is 4.79 Å². The molecule has 1 amide bonds. The van der Waals surface area contributed by atoms with E-state index in [1.165, 1.54) is 18.1 Å². The molecule has 6 nitrogen and oxygen atoms in total. The molecule has 0 saturated carbocycles. The van der Waals surface area contributed by atoms with Crippen molar-refractivity contribution in [2.24, 2.45) is 0 Å². The molecule has 26 heavy (non-hydrogen) atoms. The van der Waals surface area contributed by atoms with Gasteiger partial charge >= 0.3 is 0 Å². The summed E-state index contributed by atoms with van der Waals surface area (Å²) < 4.78 is 6.00. The molecule has 130 valence electrons. The molecule has 0 fully saturated rings. The minimum absolute atomic E-state index is 0.183. The highest BCUT2D eigenvalue weighted by Gasteiger charge is 2.25. The number of carbonyl (C=O) groups is 1. The van der Waals surface area contributed by atoms with Crippen LogP contribution in [0.3, 0.4) is 0 Å². The summed E-state index contributed by atoms with van der Waals surface area (Å²) in [5.41, 5.74) is 1.77. The minimum Gasteiger partial charge on any atom is -0.360 e. The number of nitrogens with zero attached hydrogens (tertiary/aromatic N) is 3. The average molecular weight is 382 g/mol. The van der Waals surface area contributed by atoms with Crippen molar-refractivity contribution >= 4 is 45.0 Å². The number of hydrogen-bond acceptors (Lipinski definition) is 7. The minimum atomic E-state index is -0.478. The van der Waals surface area contributed by atoms with Gasteiger partial charge in [-0.2, -0.15) is 0 Å². The van der Waals surface area contributed by atoms with Crippen molar-refractivity contribution in [3.8, 4) is 0 Å². The Labute approximate surface area is 157 Å². The van der Waals surface area contributed by atoms with Gasteiger partial charge in [0.2, 0.25) is 5.91 Å². The third-order valence-electron chi connectivity index (χ3n) is 3.66. The highest BCUT2D eigenvalue weighted by Crippen LogP contribution is 2.39. The van der Waals surface area contributed by atoms with E-state index in [1.807, 2.05) is 41.8 Å². The molecule has 0 radical (unpaired) electrons. The van der Waals surface area contributed by atoms with Crippen LogP contribution >= 0.6 is 23.1 Å². The lowest BCUT2D eigenvalue weighted by molar-refractivity contribution is -0.115. The lowest BCUT2D eigenvalue weighted by Crippen LogP contribution is -2.19. The molecule has 4 aromatic rings. The number of carbonyl (C=O) groups excluding carboxylic acids is 1. The smallest absolute Gasteiger partial charge is 0.243 e. The molecular formula is C18H14N4O2S2. The molecule has 3 aromatic heterocycles. The fourth-order valence-electron chi connectivity index (χ4n) is 2.48. The zero-order valence-corrected chi connectivity index (χ0v) is 15.4. The molecule has 1 atom stereocenters. The van der Waals surface area contributed by atoms with Gasteiger partial charge in [-0.25, -0.2) is 9.97 Å². The number of thiophene rings is 1. The molecule has 8 heteroatoms. The van der Waals surface area contributed by atoms with Crippen LogP contribution in [0.4, 0.5) is 5.82 Å². The zero-order valence-electron chi connectivity index (χ0n) is 13.7. The monoisotopic (exact) mass is 382 g/mol. The van der Waals surface area contributed by atoms with Crippen LogP contribution in [0, 0.1) is 6.92 Å². The Morgan fingerprint density at radius 1 is 1.23 bits per heavy atom. The third-order valence-corrected chi connectivity index (χ3v) is 5.95. The van der Waals surface area contributed by atoms with E-state index in [4.69, 9.17) is 4.52 Å². The molecular weight excluding hydrogens is 368 g/mol. The Hall–Kier alpha value is -2.71. The van der Waals surface area contributed by atoms with E-state index in [0.717, 1.165) is 20.8 Å². The van der Waals surface area contributed by atoms with E-state index < -0.39 is 5.25 Å². The van der Waals surface area contributed by atoms with Gasteiger partial charge in [-0.05, 0) is 23.9 Å². The molecule has 0 saturated heterocycles. The Bertz CT molecular complexity index is 1050. The fourth-order valence-corrected chi connectivity index (χ4v) is 4.50. The molecule has 0 aliphatic carbocycles. The van der Waals surface area contributed by atoms with Crippen molar-refractivity contribution in [3.63, 3.8) is 0 Å². The average Bonchev–Trinajstić information content (AvgIpc) is 3.29. The maximum atomic E-state index is 12.9. The second kappa shape index (κ2) is 7.27. The fraction of sp³-hybridized carbons (Fsp3) is 0.111. The first-order valence-corrected chi connectivity index (χ1v) is 9.60. The Kier molecular flexibility index (Phi) is 4.68. The zero-order chi connectivity index (χ0) is 17.9. The van der Waals surface area contributed by atoms with Gasteiger partial charge in [0.05, 0.1) is 10.2 Å². The summed E-state index contributed by atoms with van der Waals surface area (Å²) in [6.07, 6.45) is 1.53. The van der Waals surface area contributed by atoms with Crippen LogP contribution in [-0.4, -0.2) is 21.0 Å². The summed E-state index contributed by atoms with van der Waals surface area (Å²) in [7, 11) is 0. The predicted octanol–water partition coefficient (Wildman–Crippen LogP) is 4.46. The number of amides is 1. The molecule has 0 bridgehead atoms. The number of nitrogens with one attached hydrogen (secondary N) is 1. The van der Waals surface area contributed by atoms with E-state index in [1.54, 1.807) is 24.3 Å². The molecule has 0 aliphatic heterocycles. The second-order valence-electron chi connectivity index (χ2n) is 5.53. The number of aryl methyl sites for hydroxylation is 1. The van der Waals surface area contributed by atoms with Crippen LogP contribution in [0.15, 0.2) is 63.7 Å². The van der Waals surface area contributed by atoms with Gasteiger partial charge in [0.15, 0.2) is 5.82 Å². The highest BCUT2D eigenvalue weighted by atomic mass is 32.2. The number of fused-ring (bicyclic) bond motifs is 1. The van der Waals surface area contributed by atoms with Crippen molar-refractivity contribution in [1.82, 2.24) is 15.1 Å². The van der Waals surface area contributed by atoms with Gasteiger partial charge < -0.3 is 9.84 Å². The topological polar surface area (TPSA) is 80.9 Å². The first-order valence-electron chi connectivity index (χ1n) is 7.85. The molecule has 1 aromatic carbocycles. The Morgan fingerprint density at radius 3 is 2.85 bits per heavy atom. The van der Waals surface area contributed by atoms with Crippen LogP contribution in [0.2, 0.25) is 0 Å². The quantitative estimate of drug-likeness (QED) is 0.405. The van der Waals surface area contributed by atoms with Gasteiger partial charge in [0.25, 0.3) is 0 Å². The van der Waals surface area contributed by atoms with Crippen molar-refractivity contribution in [1.29, 1.82) is 0 Å². The first-order chi connectivity index (χ1) is 12.7. The number of aromatic nitrogens is 3. The van der Waals surface area contributed by atoms with Crippen molar-refractivity contribution in [2.75, 3.05) is 5.32 Å². The van der Waals surface area contributed by atoms with Crippen molar-refractivity contribution in [3.05, 3.63) is 65.5 Å². The van der Waals surface area contributed by atoms with Crippen molar-refractivity contribution in [2.45, 2.75) is 17.2 Å². The first kappa shape index (κ1) is 16.7. The van der Waals surface area contributed by atoms with Gasteiger partial charge in [-0.3, -0.25) is 4.79 Å². The van der Waals surface area contributed by atoms with Crippen LogP contribution in [0.5, 0.6) is 0 Å². The maximum Gasteiger partial charge on any atom is 0.243 e. The summed E-state index contributed by atoms with van der Waals surface area (Å²) in [4.78, 5) is 21.6. The number of anilines is 1. The van der Waals surface area contributed by atoms with Crippen LogP contribution in [0.25, 0.3) is 10.2 Å². The lowest BCUT2D eigenvalue weighted by Gasteiger charge is -2.15. The molecule has 1 N–H and O–H groups in total. The van der Waals surface area contributed by atoms with Gasteiger partial charge in [-0.15, -0.1) is 11.3 Å². The van der Waals surface area contributed by atoms with E-state index >= 15 is 0 Å². The largest absolute Gasteiger partial charge is 0.360 e. The third kappa shape index (κ3) is 3.47. The standard InChI is InChI=1S/C18H14N4O2S2/c1-11-9-14(22-24-11)21-17(23)15(12-5-3-2-4-6-12)26-18-16-13(7-8-25-16)19-10-20-18/h2-10,15H,1H3,(H,21,22,23). The summed E-state index contributed by atoms with van der Waals surface area (Å²) in [6.45, 7) is 1.78. The summed E-state index contributed by atoms with van der Waals surface area (Å²) in [5.74, 6) is 0.858. The Balaban J connectivity index is 1.67. The molecule has 3 heterocycles. The number of rotatable bonds is 5. The number of hydrogen-bond donors (Lipinski definition) is 1. The van der Waals surface area contributed by atoms with Gasteiger partial charge in [0.1, 0.15) is 22.4 Å². The Morgan fingerprint density at radius 2 is 2.08 bits per heavy atom. The van der Waals surface area contributed by atoms with Crippen LogP contribution in [0.1, 0.15) is 16.6 Å². The van der Waals surface area contributed by atoms with Gasteiger partial charge in [0, 0.05) is 6.07 Å². The summed E-state index contributed by atoms with van der Waals surface area (Å²) in [5, 5.41) is 8.94. The van der Waals surface area contributed by atoms with E-state index in [2.05, 4.69) is 20.4 Å². The van der Waals surface area contributed by atoms with E-state index in [9.17, 15) is 4.79 Å². The molecule has 1 unspecified atom stereocenters.